The Morgan fingerprint density at radius 1 is 0.786 bits per heavy atom. The van der Waals surface area contributed by atoms with E-state index in [-0.39, 0.29) is 36.2 Å². The summed E-state index contributed by atoms with van der Waals surface area (Å²) >= 11 is 0. The Hall–Kier alpha value is -1.59. The normalized spacial score (nSPS) is 15.2. The molecule has 0 rings (SSSR count). The second kappa shape index (κ2) is 15.3. The molecule has 6 nitrogen and oxygen atoms in total. The van der Waals surface area contributed by atoms with E-state index >= 15 is 0 Å². The van der Waals surface area contributed by atoms with Gasteiger partial charge in [0.15, 0.2) is 6.10 Å². The second-order valence-corrected chi connectivity index (χ2v) is 7.57. The Balaban J connectivity index is 4.36. The quantitative estimate of drug-likeness (QED) is 0.413. The molecule has 0 radical (unpaired) electrons. The lowest BCUT2D eigenvalue weighted by molar-refractivity contribution is -0.159. The van der Waals surface area contributed by atoms with Crippen molar-refractivity contribution in [3.63, 3.8) is 0 Å². The van der Waals surface area contributed by atoms with E-state index in [4.69, 9.17) is 9.47 Å². The Kier molecular flexibility index (Phi) is 14.5. The summed E-state index contributed by atoms with van der Waals surface area (Å²) < 4.78 is 10.8. The van der Waals surface area contributed by atoms with Gasteiger partial charge < -0.3 is 14.8 Å². The zero-order valence-electron chi connectivity index (χ0n) is 18.7. The minimum Gasteiger partial charge on any atom is -0.461 e. The van der Waals surface area contributed by atoms with Crippen molar-refractivity contribution in [3.05, 3.63) is 0 Å². The lowest BCUT2D eigenvalue weighted by Crippen LogP contribution is -2.41. The monoisotopic (exact) mass is 399 g/mol. The number of hydrogen-bond donors (Lipinski definition) is 1. The SMILES string of the molecule is CCCC[C@@H](CC)C(=O)O[C@H](C)CNC(=O)[C@@H](C)OC(=O)[C@@H](CC)CCCC. The molecule has 1 N–H and O–H groups in total. The molecule has 28 heavy (non-hydrogen) atoms. The fourth-order valence-corrected chi connectivity index (χ4v) is 2.93. The summed E-state index contributed by atoms with van der Waals surface area (Å²) in [6, 6.07) is 0. The maximum Gasteiger partial charge on any atom is 0.309 e. The van der Waals surface area contributed by atoms with Gasteiger partial charge in [-0.3, -0.25) is 14.4 Å². The topological polar surface area (TPSA) is 81.7 Å². The lowest BCUT2D eigenvalue weighted by atomic mass is 10.00. The number of carbonyl (C=O) groups is 3. The molecule has 0 aliphatic carbocycles. The molecule has 4 atom stereocenters. The largest absolute Gasteiger partial charge is 0.461 e. The number of rotatable bonds is 15. The van der Waals surface area contributed by atoms with Gasteiger partial charge in [0, 0.05) is 0 Å². The van der Waals surface area contributed by atoms with E-state index in [2.05, 4.69) is 19.2 Å². The molecule has 6 heteroatoms. The first-order chi connectivity index (χ1) is 13.3. The third kappa shape index (κ3) is 10.7. The molecule has 0 heterocycles. The van der Waals surface area contributed by atoms with E-state index in [1.807, 2.05) is 13.8 Å². The zero-order chi connectivity index (χ0) is 21.5. The molecule has 1 amide bonds. The van der Waals surface area contributed by atoms with Gasteiger partial charge in [-0.2, -0.15) is 0 Å². The highest BCUT2D eigenvalue weighted by Crippen LogP contribution is 2.16. The molecule has 0 aromatic carbocycles. The average molecular weight is 400 g/mol. The minimum absolute atomic E-state index is 0.0907. The summed E-state index contributed by atoms with van der Waals surface area (Å²) in [7, 11) is 0. The maximum atomic E-state index is 12.2. The van der Waals surface area contributed by atoms with Gasteiger partial charge in [0.25, 0.3) is 5.91 Å². The number of amides is 1. The van der Waals surface area contributed by atoms with E-state index in [1.165, 1.54) is 0 Å². The Bertz CT molecular complexity index is 466. The van der Waals surface area contributed by atoms with Crippen molar-refractivity contribution >= 4 is 17.8 Å². The smallest absolute Gasteiger partial charge is 0.309 e. The standard InChI is InChI=1S/C22H41NO5/c1-7-11-13-18(9-3)21(25)27-16(5)15-23-20(24)17(6)28-22(26)19(10-4)14-12-8-2/h16-19H,7-15H2,1-6H3,(H,23,24)/t16-,17-,18-,19+/m1/s1. The first-order valence-electron chi connectivity index (χ1n) is 11.0. The van der Waals surface area contributed by atoms with Crippen molar-refractivity contribution in [3.8, 4) is 0 Å². The van der Waals surface area contributed by atoms with E-state index in [1.54, 1.807) is 13.8 Å². The molecule has 0 saturated heterocycles. The van der Waals surface area contributed by atoms with Crippen LogP contribution in [0.1, 0.15) is 92.9 Å². The van der Waals surface area contributed by atoms with E-state index < -0.39 is 12.2 Å². The van der Waals surface area contributed by atoms with Gasteiger partial charge in [-0.25, -0.2) is 0 Å². The molecular weight excluding hydrogens is 358 g/mol. The maximum absolute atomic E-state index is 12.2. The van der Waals surface area contributed by atoms with Gasteiger partial charge in [0.05, 0.1) is 18.4 Å². The summed E-state index contributed by atoms with van der Waals surface area (Å²) in [5, 5.41) is 2.70. The second-order valence-electron chi connectivity index (χ2n) is 7.57. The van der Waals surface area contributed by atoms with Gasteiger partial charge in [0.1, 0.15) is 6.10 Å². The van der Waals surface area contributed by atoms with Crippen LogP contribution in [-0.2, 0) is 23.9 Å². The third-order valence-corrected chi connectivity index (χ3v) is 5.01. The van der Waals surface area contributed by atoms with Crippen LogP contribution in [0.15, 0.2) is 0 Å². The van der Waals surface area contributed by atoms with Crippen molar-refractivity contribution in [1.29, 1.82) is 0 Å². The van der Waals surface area contributed by atoms with Crippen molar-refractivity contribution in [2.45, 2.75) is 105 Å². The molecule has 0 fully saturated rings. The highest BCUT2D eigenvalue weighted by atomic mass is 16.6. The number of hydrogen-bond acceptors (Lipinski definition) is 5. The van der Waals surface area contributed by atoms with Gasteiger partial charge in [-0.05, 0) is 39.5 Å². The first-order valence-corrected chi connectivity index (χ1v) is 11.0. The Morgan fingerprint density at radius 3 is 1.68 bits per heavy atom. The fraction of sp³-hybridized carbons (Fsp3) is 0.864. The highest BCUT2D eigenvalue weighted by molar-refractivity contribution is 5.84. The van der Waals surface area contributed by atoms with Crippen molar-refractivity contribution in [1.82, 2.24) is 5.32 Å². The van der Waals surface area contributed by atoms with E-state index in [0.717, 1.165) is 44.9 Å². The van der Waals surface area contributed by atoms with E-state index in [9.17, 15) is 14.4 Å². The number of ether oxygens (including phenoxy) is 2. The van der Waals surface area contributed by atoms with E-state index in [0.29, 0.717) is 6.42 Å². The fourth-order valence-electron chi connectivity index (χ4n) is 2.93. The summed E-state index contributed by atoms with van der Waals surface area (Å²) in [5.74, 6) is -1.16. The average Bonchev–Trinajstić information content (AvgIpc) is 2.67. The Morgan fingerprint density at radius 2 is 1.25 bits per heavy atom. The molecular formula is C22H41NO5. The highest BCUT2D eigenvalue weighted by Gasteiger charge is 2.24. The van der Waals surface area contributed by atoms with Crippen LogP contribution in [0.5, 0.6) is 0 Å². The van der Waals surface area contributed by atoms with Gasteiger partial charge >= 0.3 is 11.9 Å². The van der Waals surface area contributed by atoms with Crippen LogP contribution in [0.4, 0.5) is 0 Å². The van der Waals surface area contributed by atoms with Crippen molar-refractivity contribution < 1.29 is 23.9 Å². The molecule has 0 spiro atoms. The molecule has 164 valence electrons. The Labute approximate surface area is 171 Å². The molecule has 0 bridgehead atoms. The zero-order valence-corrected chi connectivity index (χ0v) is 18.7. The predicted molar refractivity (Wildman–Crippen MR) is 111 cm³/mol. The molecule has 0 unspecified atom stereocenters. The lowest BCUT2D eigenvalue weighted by Gasteiger charge is -2.21. The summed E-state index contributed by atoms with van der Waals surface area (Å²) in [6.45, 7) is 11.6. The molecule has 0 aromatic rings. The van der Waals surface area contributed by atoms with Crippen LogP contribution in [0, 0.1) is 11.8 Å². The van der Waals surface area contributed by atoms with Gasteiger partial charge in [-0.15, -0.1) is 0 Å². The number of esters is 2. The molecule has 0 saturated carbocycles. The number of nitrogens with one attached hydrogen (secondary N) is 1. The van der Waals surface area contributed by atoms with Crippen LogP contribution in [-0.4, -0.2) is 36.6 Å². The van der Waals surface area contributed by atoms with Gasteiger partial charge in [-0.1, -0.05) is 53.4 Å². The third-order valence-electron chi connectivity index (χ3n) is 5.01. The minimum atomic E-state index is -0.862. The van der Waals surface area contributed by atoms with Crippen LogP contribution in [0.2, 0.25) is 0 Å². The summed E-state index contributed by atoms with van der Waals surface area (Å²) in [5.41, 5.74) is 0. The summed E-state index contributed by atoms with van der Waals surface area (Å²) in [6.07, 6.45) is 5.81. The molecule has 0 aromatic heterocycles. The van der Waals surface area contributed by atoms with Crippen molar-refractivity contribution in [2.75, 3.05) is 6.54 Å². The van der Waals surface area contributed by atoms with Crippen LogP contribution in [0.25, 0.3) is 0 Å². The van der Waals surface area contributed by atoms with Crippen LogP contribution < -0.4 is 5.32 Å². The van der Waals surface area contributed by atoms with Crippen LogP contribution in [0.3, 0.4) is 0 Å². The number of unbranched alkanes of at least 4 members (excludes halogenated alkanes) is 2. The first kappa shape index (κ1) is 26.4. The molecule has 0 aliphatic heterocycles. The molecule has 0 aliphatic rings. The van der Waals surface area contributed by atoms with Crippen LogP contribution >= 0.6 is 0 Å². The van der Waals surface area contributed by atoms with Crippen molar-refractivity contribution in [2.24, 2.45) is 11.8 Å². The summed E-state index contributed by atoms with van der Waals surface area (Å²) in [4.78, 5) is 36.6. The van der Waals surface area contributed by atoms with Gasteiger partial charge in [0.2, 0.25) is 0 Å². The number of carbonyl (C=O) groups excluding carboxylic acids is 3. The predicted octanol–water partition coefficient (Wildman–Crippen LogP) is 4.40.